The number of hydrogen-bond donors (Lipinski definition) is 1. The van der Waals surface area contributed by atoms with Crippen molar-refractivity contribution in [3.8, 4) is 0 Å². The van der Waals surface area contributed by atoms with Gasteiger partial charge < -0.3 is 5.32 Å². The molecule has 0 aliphatic heterocycles. The summed E-state index contributed by atoms with van der Waals surface area (Å²) in [5.74, 6) is -0.120. The van der Waals surface area contributed by atoms with E-state index in [9.17, 15) is 4.79 Å². The molecule has 1 atom stereocenters. The molecular weight excluding hydrogens is 214 g/mol. The lowest BCUT2D eigenvalue weighted by molar-refractivity contribution is 0.0939. The van der Waals surface area contributed by atoms with Crippen molar-refractivity contribution < 1.29 is 4.79 Å². The van der Waals surface area contributed by atoms with E-state index < -0.39 is 0 Å². The van der Waals surface area contributed by atoms with Crippen molar-refractivity contribution in [1.29, 1.82) is 0 Å². The van der Waals surface area contributed by atoms with Crippen molar-refractivity contribution in [3.63, 3.8) is 0 Å². The summed E-state index contributed by atoms with van der Waals surface area (Å²) < 4.78 is 0. The van der Waals surface area contributed by atoms with Crippen molar-refractivity contribution >= 4 is 5.91 Å². The van der Waals surface area contributed by atoms with Crippen LogP contribution in [0.25, 0.3) is 0 Å². The van der Waals surface area contributed by atoms with Gasteiger partial charge in [-0.2, -0.15) is 0 Å². The Hall–Kier alpha value is -2.23. The summed E-state index contributed by atoms with van der Waals surface area (Å²) in [4.78, 5) is 19.9. The first-order valence-corrected chi connectivity index (χ1v) is 5.39. The first-order valence-electron chi connectivity index (χ1n) is 5.39. The lowest BCUT2D eigenvalue weighted by Gasteiger charge is -2.12. The van der Waals surface area contributed by atoms with Gasteiger partial charge in [0.25, 0.3) is 5.91 Å². The molecule has 0 aromatic carbocycles. The highest BCUT2D eigenvalue weighted by Gasteiger charge is 2.11. The molecule has 2 rings (SSSR count). The summed E-state index contributed by atoms with van der Waals surface area (Å²) in [5, 5.41) is 2.88. The summed E-state index contributed by atoms with van der Waals surface area (Å²) in [5.41, 5.74) is 1.44. The molecule has 1 N–H and O–H groups in total. The molecular formula is C13H13N3O. The molecule has 2 aromatic heterocycles. The fraction of sp³-hybridized carbons (Fsp3) is 0.154. The van der Waals surface area contributed by atoms with Gasteiger partial charge >= 0.3 is 0 Å². The minimum absolute atomic E-state index is 0.114. The Kier molecular flexibility index (Phi) is 3.45. The summed E-state index contributed by atoms with van der Waals surface area (Å²) in [6.07, 6.45) is 4.91. The summed E-state index contributed by atoms with van der Waals surface area (Å²) >= 11 is 0. The SMILES string of the molecule is C[C@H](NC(=O)c1ccncc1)c1ccccn1. The monoisotopic (exact) mass is 227 g/mol. The van der Waals surface area contributed by atoms with Crippen LogP contribution in [0.1, 0.15) is 29.0 Å². The zero-order valence-electron chi connectivity index (χ0n) is 9.50. The largest absolute Gasteiger partial charge is 0.344 e. The molecule has 0 spiro atoms. The van der Waals surface area contributed by atoms with Crippen molar-refractivity contribution in [1.82, 2.24) is 15.3 Å². The molecule has 0 radical (unpaired) electrons. The zero-order valence-corrected chi connectivity index (χ0v) is 9.50. The lowest BCUT2D eigenvalue weighted by atomic mass is 10.2. The van der Waals surface area contributed by atoms with E-state index >= 15 is 0 Å². The van der Waals surface area contributed by atoms with Crippen molar-refractivity contribution in [2.24, 2.45) is 0 Å². The first-order chi connectivity index (χ1) is 8.27. The van der Waals surface area contributed by atoms with E-state index in [2.05, 4.69) is 15.3 Å². The molecule has 0 aliphatic carbocycles. The fourth-order valence-corrected chi connectivity index (χ4v) is 1.49. The molecule has 2 aromatic rings. The van der Waals surface area contributed by atoms with Crippen LogP contribution in [0.4, 0.5) is 0 Å². The minimum atomic E-state index is -0.120. The van der Waals surface area contributed by atoms with Crippen molar-refractivity contribution in [3.05, 3.63) is 60.2 Å². The second-order valence-electron chi connectivity index (χ2n) is 3.69. The number of carbonyl (C=O) groups excluding carboxylic acids is 1. The van der Waals surface area contributed by atoms with Gasteiger partial charge in [-0.25, -0.2) is 0 Å². The van der Waals surface area contributed by atoms with E-state index in [-0.39, 0.29) is 11.9 Å². The lowest BCUT2D eigenvalue weighted by Crippen LogP contribution is -2.27. The fourth-order valence-electron chi connectivity index (χ4n) is 1.49. The average Bonchev–Trinajstić information content (AvgIpc) is 2.40. The van der Waals surface area contributed by atoms with Crippen LogP contribution < -0.4 is 5.32 Å². The van der Waals surface area contributed by atoms with Crippen molar-refractivity contribution in [2.45, 2.75) is 13.0 Å². The Balaban J connectivity index is 2.05. The maximum Gasteiger partial charge on any atom is 0.251 e. The second-order valence-corrected chi connectivity index (χ2v) is 3.69. The molecule has 4 heteroatoms. The Morgan fingerprint density at radius 1 is 1.18 bits per heavy atom. The van der Waals surface area contributed by atoms with E-state index in [0.29, 0.717) is 5.56 Å². The number of rotatable bonds is 3. The van der Waals surface area contributed by atoms with Gasteiger partial charge in [-0.05, 0) is 31.2 Å². The highest BCUT2D eigenvalue weighted by molar-refractivity contribution is 5.94. The van der Waals surface area contributed by atoms with E-state index in [1.807, 2.05) is 25.1 Å². The van der Waals surface area contributed by atoms with E-state index in [1.54, 1.807) is 30.7 Å². The van der Waals surface area contributed by atoms with E-state index in [4.69, 9.17) is 0 Å². The summed E-state index contributed by atoms with van der Waals surface area (Å²) in [7, 11) is 0. The van der Waals surface area contributed by atoms with Gasteiger partial charge in [0, 0.05) is 24.2 Å². The van der Waals surface area contributed by atoms with Gasteiger partial charge in [0.1, 0.15) is 0 Å². The quantitative estimate of drug-likeness (QED) is 0.872. The standard InChI is InChI=1S/C13H13N3O/c1-10(12-4-2-3-7-15-12)16-13(17)11-5-8-14-9-6-11/h2-10H,1H3,(H,16,17)/t10-/m0/s1. The van der Waals surface area contributed by atoms with Crippen LogP contribution in [0.3, 0.4) is 0 Å². The summed E-state index contributed by atoms with van der Waals surface area (Å²) in [6.45, 7) is 1.90. The smallest absolute Gasteiger partial charge is 0.251 e. The molecule has 0 saturated heterocycles. The van der Waals surface area contributed by atoms with Crippen LogP contribution in [0.2, 0.25) is 0 Å². The molecule has 0 unspecified atom stereocenters. The molecule has 17 heavy (non-hydrogen) atoms. The zero-order chi connectivity index (χ0) is 12.1. The topological polar surface area (TPSA) is 54.9 Å². The third kappa shape index (κ3) is 2.87. The number of hydrogen-bond acceptors (Lipinski definition) is 3. The number of amides is 1. The third-order valence-corrected chi connectivity index (χ3v) is 2.42. The maximum atomic E-state index is 11.9. The van der Waals surface area contributed by atoms with Crippen LogP contribution in [0.15, 0.2) is 48.9 Å². The van der Waals surface area contributed by atoms with Crippen LogP contribution in [0.5, 0.6) is 0 Å². The number of aromatic nitrogens is 2. The molecule has 2 heterocycles. The number of nitrogens with one attached hydrogen (secondary N) is 1. The van der Waals surface area contributed by atoms with Gasteiger partial charge in [0.2, 0.25) is 0 Å². The highest BCUT2D eigenvalue weighted by Crippen LogP contribution is 2.09. The summed E-state index contributed by atoms with van der Waals surface area (Å²) in [6, 6.07) is 8.88. The third-order valence-electron chi connectivity index (χ3n) is 2.42. The number of pyridine rings is 2. The van der Waals surface area contributed by atoms with Gasteiger partial charge in [0.05, 0.1) is 11.7 Å². The maximum absolute atomic E-state index is 11.9. The van der Waals surface area contributed by atoms with Crippen LogP contribution in [-0.4, -0.2) is 15.9 Å². The molecule has 4 nitrogen and oxygen atoms in total. The Morgan fingerprint density at radius 2 is 1.94 bits per heavy atom. The molecule has 0 saturated carbocycles. The van der Waals surface area contributed by atoms with Gasteiger partial charge in [-0.15, -0.1) is 0 Å². The molecule has 86 valence electrons. The molecule has 0 fully saturated rings. The van der Waals surface area contributed by atoms with Crippen LogP contribution in [0, 0.1) is 0 Å². The predicted octanol–water partition coefficient (Wildman–Crippen LogP) is 1.97. The van der Waals surface area contributed by atoms with E-state index in [1.165, 1.54) is 0 Å². The minimum Gasteiger partial charge on any atom is -0.344 e. The Morgan fingerprint density at radius 3 is 2.59 bits per heavy atom. The van der Waals surface area contributed by atoms with Crippen molar-refractivity contribution in [2.75, 3.05) is 0 Å². The second kappa shape index (κ2) is 5.21. The average molecular weight is 227 g/mol. The number of nitrogens with zero attached hydrogens (tertiary/aromatic N) is 2. The predicted molar refractivity (Wildman–Crippen MR) is 64.4 cm³/mol. The molecule has 1 amide bonds. The molecule has 0 bridgehead atoms. The van der Waals surface area contributed by atoms with Gasteiger partial charge in [-0.1, -0.05) is 6.07 Å². The Bertz CT molecular complexity index is 485. The van der Waals surface area contributed by atoms with Gasteiger partial charge in [0.15, 0.2) is 0 Å². The number of carbonyl (C=O) groups is 1. The van der Waals surface area contributed by atoms with Crippen LogP contribution in [-0.2, 0) is 0 Å². The highest BCUT2D eigenvalue weighted by atomic mass is 16.1. The Labute approximate surface area is 99.7 Å². The first kappa shape index (κ1) is 11.3. The van der Waals surface area contributed by atoms with E-state index in [0.717, 1.165) is 5.69 Å². The molecule has 0 aliphatic rings. The van der Waals surface area contributed by atoms with Gasteiger partial charge in [-0.3, -0.25) is 14.8 Å². The normalized spacial score (nSPS) is 11.8. The van der Waals surface area contributed by atoms with Crippen LogP contribution >= 0.6 is 0 Å².